The maximum absolute atomic E-state index is 11.2. The van der Waals surface area contributed by atoms with E-state index in [-0.39, 0.29) is 23.7 Å². The Morgan fingerprint density at radius 1 is 1.19 bits per heavy atom. The van der Waals surface area contributed by atoms with Crippen molar-refractivity contribution in [1.82, 2.24) is 5.16 Å². The molecule has 3 aromatic rings. The van der Waals surface area contributed by atoms with Crippen LogP contribution in [0.2, 0.25) is 10.0 Å². The summed E-state index contributed by atoms with van der Waals surface area (Å²) < 4.78 is 17.4. The van der Waals surface area contributed by atoms with Crippen LogP contribution in [0.15, 0.2) is 39.3 Å². The standard InChI is InChI=1S/C21H17BrCl2N2O5/c1-3-29-19-10-13(5-7-18-20(26(27)28)12(2)25-31-18)8-15(22)21(19)30-11-14-4-6-16(23)17(24)9-14/h4-10H,3,11H2,1-2H3/b7-5-. The van der Waals surface area contributed by atoms with Gasteiger partial charge in [0.05, 0.1) is 26.0 Å². The molecule has 1 aromatic heterocycles. The molecule has 31 heavy (non-hydrogen) atoms. The molecule has 0 radical (unpaired) electrons. The number of aryl methyl sites for hydroxylation is 1. The highest BCUT2D eigenvalue weighted by Gasteiger charge is 2.22. The van der Waals surface area contributed by atoms with E-state index in [4.69, 9.17) is 37.2 Å². The van der Waals surface area contributed by atoms with Gasteiger partial charge in [-0.2, -0.15) is 0 Å². The molecule has 3 rings (SSSR count). The van der Waals surface area contributed by atoms with Gasteiger partial charge in [0.25, 0.3) is 0 Å². The van der Waals surface area contributed by atoms with Gasteiger partial charge in [0.1, 0.15) is 6.61 Å². The van der Waals surface area contributed by atoms with Gasteiger partial charge < -0.3 is 14.0 Å². The zero-order chi connectivity index (χ0) is 22.5. The molecule has 0 atom stereocenters. The molecular weight excluding hydrogens is 511 g/mol. The summed E-state index contributed by atoms with van der Waals surface area (Å²) in [7, 11) is 0. The SMILES string of the molecule is CCOc1cc(/C=C\c2onc(C)c2[N+](=O)[O-])cc(Br)c1OCc1ccc(Cl)c(Cl)c1. The van der Waals surface area contributed by atoms with Crippen LogP contribution >= 0.6 is 39.1 Å². The second-order valence-electron chi connectivity index (χ2n) is 6.37. The van der Waals surface area contributed by atoms with Gasteiger partial charge in [-0.1, -0.05) is 40.5 Å². The lowest BCUT2D eigenvalue weighted by Crippen LogP contribution is -2.01. The van der Waals surface area contributed by atoms with Crippen molar-refractivity contribution < 1.29 is 18.9 Å². The predicted octanol–water partition coefficient (Wildman–Crippen LogP) is 7.11. The molecule has 2 aromatic carbocycles. The van der Waals surface area contributed by atoms with Crippen molar-refractivity contribution in [3.05, 3.63) is 77.5 Å². The second-order valence-corrected chi connectivity index (χ2v) is 8.04. The molecule has 0 aliphatic carbocycles. The molecule has 0 saturated heterocycles. The Labute approximate surface area is 196 Å². The molecule has 0 amide bonds. The zero-order valence-corrected chi connectivity index (χ0v) is 19.6. The third kappa shape index (κ3) is 5.58. The summed E-state index contributed by atoms with van der Waals surface area (Å²) in [4.78, 5) is 10.7. The van der Waals surface area contributed by atoms with Gasteiger partial charge in [-0.15, -0.1) is 0 Å². The van der Waals surface area contributed by atoms with E-state index >= 15 is 0 Å². The fourth-order valence-corrected chi connectivity index (χ4v) is 3.65. The Hall–Kier alpha value is -2.55. The molecule has 0 spiro atoms. The van der Waals surface area contributed by atoms with Crippen molar-refractivity contribution in [3.63, 3.8) is 0 Å². The van der Waals surface area contributed by atoms with E-state index in [9.17, 15) is 10.1 Å². The summed E-state index contributed by atoms with van der Waals surface area (Å²) in [6.45, 7) is 4.06. The first-order chi connectivity index (χ1) is 14.8. The van der Waals surface area contributed by atoms with Crippen molar-refractivity contribution >= 4 is 57.0 Å². The van der Waals surface area contributed by atoms with Crippen LogP contribution in [-0.4, -0.2) is 16.7 Å². The van der Waals surface area contributed by atoms with Crippen LogP contribution in [0.3, 0.4) is 0 Å². The van der Waals surface area contributed by atoms with E-state index in [1.54, 1.807) is 30.3 Å². The molecule has 1 heterocycles. The van der Waals surface area contributed by atoms with E-state index in [0.717, 1.165) is 11.1 Å². The third-order valence-corrected chi connectivity index (χ3v) is 5.49. The lowest BCUT2D eigenvalue weighted by molar-refractivity contribution is -0.386. The summed E-state index contributed by atoms with van der Waals surface area (Å²) >= 11 is 15.5. The minimum atomic E-state index is -0.521. The van der Waals surface area contributed by atoms with Gasteiger partial charge in [-0.05, 0) is 71.2 Å². The van der Waals surface area contributed by atoms with Crippen LogP contribution < -0.4 is 9.47 Å². The zero-order valence-electron chi connectivity index (χ0n) is 16.5. The number of hydrogen-bond acceptors (Lipinski definition) is 6. The summed E-state index contributed by atoms with van der Waals surface area (Å²) in [5, 5.41) is 15.8. The van der Waals surface area contributed by atoms with E-state index in [0.29, 0.717) is 32.6 Å². The Morgan fingerprint density at radius 2 is 1.97 bits per heavy atom. The van der Waals surface area contributed by atoms with Crippen molar-refractivity contribution in [2.45, 2.75) is 20.5 Å². The molecule has 162 valence electrons. The fourth-order valence-electron chi connectivity index (χ4n) is 2.76. The van der Waals surface area contributed by atoms with Crippen LogP contribution in [0.25, 0.3) is 12.2 Å². The quantitative estimate of drug-likeness (QED) is 0.229. The van der Waals surface area contributed by atoms with Gasteiger partial charge in [-0.25, -0.2) is 0 Å². The average molecular weight is 528 g/mol. The molecular formula is C21H17BrCl2N2O5. The number of halogens is 3. The maximum atomic E-state index is 11.2. The van der Waals surface area contributed by atoms with Gasteiger partial charge in [0.2, 0.25) is 5.76 Å². The van der Waals surface area contributed by atoms with Gasteiger partial charge in [0, 0.05) is 0 Å². The van der Waals surface area contributed by atoms with Crippen LogP contribution in [0.1, 0.15) is 29.5 Å². The number of hydrogen-bond donors (Lipinski definition) is 0. The minimum absolute atomic E-state index is 0.0662. The molecule has 10 heteroatoms. The Balaban J connectivity index is 1.86. The lowest BCUT2D eigenvalue weighted by Gasteiger charge is -2.15. The number of nitrogens with zero attached hydrogens (tertiary/aromatic N) is 2. The lowest BCUT2D eigenvalue weighted by atomic mass is 10.1. The van der Waals surface area contributed by atoms with Crippen molar-refractivity contribution in [2.75, 3.05) is 6.61 Å². The first-order valence-corrected chi connectivity index (χ1v) is 10.7. The largest absolute Gasteiger partial charge is 0.490 e. The normalized spacial score (nSPS) is 11.1. The van der Waals surface area contributed by atoms with E-state index < -0.39 is 4.92 Å². The third-order valence-electron chi connectivity index (χ3n) is 4.17. The van der Waals surface area contributed by atoms with Gasteiger partial charge in [0.15, 0.2) is 17.2 Å². The van der Waals surface area contributed by atoms with E-state index in [2.05, 4.69) is 21.1 Å². The highest BCUT2D eigenvalue weighted by molar-refractivity contribution is 9.10. The molecule has 0 bridgehead atoms. The first-order valence-electron chi connectivity index (χ1n) is 9.12. The summed E-state index contributed by atoms with van der Waals surface area (Å²) in [5.74, 6) is 1.10. The van der Waals surface area contributed by atoms with Gasteiger partial charge >= 0.3 is 5.69 Å². The highest BCUT2D eigenvalue weighted by Crippen LogP contribution is 2.38. The molecule has 0 fully saturated rings. The van der Waals surface area contributed by atoms with Crippen molar-refractivity contribution in [3.8, 4) is 11.5 Å². The van der Waals surface area contributed by atoms with Crippen LogP contribution in [-0.2, 0) is 6.61 Å². The average Bonchev–Trinajstić information content (AvgIpc) is 3.09. The highest BCUT2D eigenvalue weighted by atomic mass is 79.9. The summed E-state index contributed by atoms with van der Waals surface area (Å²) in [6.07, 6.45) is 3.16. The van der Waals surface area contributed by atoms with Crippen molar-refractivity contribution in [1.29, 1.82) is 0 Å². The number of aromatic nitrogens is 1. The molecule has 0 saturated carbocycles. The number of ether oxygens (including phenoxy) is 2. The van der Waals surface area contributed by atoms with E-state index in [1.165, 1.54) is 13.0 Å². The summed E-state index contributed by atoms with van der Waals surface area (Å²) in [6, 6.07) is 8.84. The molecule has 7 nitrogen and oxygen atoms in total. The maximum Gasteiger partial charge on any atom is 0.338 e. The molecule has 0 N–H and O–H groups in total. The number of rotatable bonds is 8. The Bertz CT molecular complexity index is 1150. The number of nitro groups is 1. The molecule has 0 aliphatic heterocycles. The van der Waals surface area contributed by atoms with Crippen LogP contribution in [0, 0.1) is 17.0 Å². The Morgan fingerprint density at radius 3 is 2.65 bits per heavy atom. The summed E-state index contributed by atoms with van der Waals surface area (Å²) in [5.41, 5.74) is 1.62. The van der Waals surface area contributed by atoms with Gasteiger partial charge in [-0.3, -0.25) is 10.1 Å². The Kier molecular flexibility index (Phi) is 7.59. The first kappa shape index (κ1) is 23.1. The van der Waals surface area contributed by atoms with Crippen molar-refractivity contribution in [2.24, 2.45) is 0 Å². The van der Waals surface area contributed by atoms with Crippen LogP contribution in [0.5, 0.6) is 11.5 Å². The number of benzene rings is 2. The predicted molar refractivity (Wildman–Crippen MR) is 123 cm³/mol. The van der Waals surface area contributed by atoms with Crippen LogP contribution in [0.4, 0.5) is 5.69 Å². The monoisotopic (exact) mass is 526 g/mol. The topological polar surface area (TPSA) is 87.6 Å². The molecule has 0 aliphatic rings. The minimum Gasteiger partial charge on any atom is -0.490 e. The fraction of sp³-hybridized carbons (Fsp3) is 0.190. The molecule has 0 unspecified atom stereocenters. The second kappa shape index (κ2) is 10.2. The van der Waals surface area contributed by atoms with E-state index in [1.807, 2.05) is 13.0 Å². The smallest absolute Gasteiger partial charge is 0.338 e.